The third kappa shape index (κ3) is 4.32. The number of fused-ring (bicyclic) bond motifs is 2. The first-order valence-electron chi connectivity index (χ1n) is 12.9. The van der Waals surface area contributed by atoms with Gasteiger partial charge in [-0.05, 0) is 36.1 Å². The Balaban J connectivity index is 1.19. The van der Waals surface area contributed by atoms with E-state index in [1.54, 1.807) is 0 Å². The monoisotopic (exact) mass is 510 g/mol. The van der Waals surface area contributed by atoms with E-state index in [9.17, 15) is 9.59 Å². The average Bonchev–Trinajstić information content (AvgIpc) is 3.39. The molecule has 4 aromatic rings. The number of Topliss-reactive ketones (excluding diaryl/α,β-unsaturated/α-hetero) is 2. The predicted octanol–water partition coefficient (Wildman–Crippen LogP) is 3.20. The van der Waals surface area contributed by atoms with Gasteiger partial charge in [0, 0.05) is 43.3 Å². The molecular formula is C29H30N6O3. The number of anilines is 2. The summed E-state index contributed by atoms with van der Waals surface area (Å²) in [4.78, 5) is 36.9. The van der Waals surface area contributed by atoms with Crippen LogP contribution in [0.4, 0.5) is 11.6 Å². The first kappa shape index (κ1) is 24.2. The van der Waals surface area contributed by atoms with Crippen LogP contribution in [0.25, 0.3) is 22.4 Å². The average molecular weight is 511 g/mol. The van der Waals surface area contributed by atoms with Gasteiger partial charge in [0.2, 0.25) is 0 Å². The Bertz CT molecular complexity index is 1550. The van der Waals surface area contributed by atoms with Gasteiger partial charge >= 0.3 is 0 Å². The Morgan fingerprint density at radius 1 is 1.05 bits per heavy atom. The maximum absolute atomic E-state index is 12.9. The topological polar surface area (TPSA) is 127 Å². The van der Waals surface area contributed by atoms with Gasteiger partial charge in [0.1, 0.15) is 22.6 Å². The van der Waals surface area contributed by atoms with Crippen LogP contribution in [-0.2, 0) is 39.0 Å². The second-order valence-corrected chi connectivity index (χ2v) is 10.6. The highest BCUT2D eigenvalue weighted by Crippen LogP contribution is 2.36. The molecule has 194 valence electrons. The number of nitrogens with zero attached hydrogens (tertiary/aromatic N) is 4. The minimum atomic E-state index is -0.444. The summed E-state index contributed by atoms with van der Waals surface area (Å²) < 4.78 is 5.49. The molecule has 0 atom stereocenters. The highest BCUT2D eigenvalue weighted by molar-refractivity contribution is 5.96. The number of hydrogen-bond donors (Lipinski definition) is 2. The van der Waals surface area contributed by atoms with Crippen molar-refractivity contribution in [3.63, 3.8) is 0 Å². The molecule has 0 saturated carbocycles. The summed E-state index contributed by atoms with van der Waals surface area (Å²) in [5, 5.41) is 7.10. The van der Waals surface area contributed by atoms with E-state index in [1.165, 1.54) is 0 Å². The Hall–Kier alpha value is -4.11. The second-order valence-electron chi connectivity index (χ2n) is 10.6. The van der Waals surface area contributed by atoms with E-state index in [2.05, 4.69) is 20.1 Å². The molecule has 2 aromatic carbocycles. The number of hydrogen-bond acceptors (Lipinski definition) is 8. The number of ketones is 2. The van der Waals surface area contributed by atoms with Crippen LogP contribution in [-0.4, -0.2) is 58.0 Å². The fourth-order valence-electron chi connectivity index (χ4n) is 5.39. The number of ether oxygens (including phenoxy) is 1. The molecule has 0 radical (unpaired) electrons. The Morgan fingerprint density at radius 3 is 2.53 bits per heavy atom. The largest absolute Gasteiger partial charge is 0.380 e. The van der Waals surface area contributed by atoms with Crippen molar-refractivity contribution in [3.8, 4) is 11.4 Å². The molecule has 0 amide bonds. The number of nitrogen functional groups attached to an aromatic ring is 1. The highest BCUT2D eigenvalue weighted by atomic mass is 16.5. The molecule has 1 fully saturated rings. The molecule has 3 N–H and O–H groups in total. The van der Waals surface area contributed by atoms with E-state index >= 15 is 0 Å². The standard InChI is InChI=1S/C29H30N6O3/c1-29(2)22-8-5-18(13-20(22)16-23(29)37)15-21(36)14-17-3-6-19(7-4-17)27-31-24-25(33-34-26(24)30)28(32-27)35-9-11-38-12-10-35/h3-8,13H,9-12,14-16H2,1-2H3,(H3,30,33,34). The third-order valence-electron chi connectivity index (χ3n) is 7.64. The Labute approximate surface area is 220 Å². The van der Waals surface area contributed by atoms with Crippen molar-refractivity contribution in [1.82, 2.24) is 20.2 Å². The van der Waals surface area contributed by atoms with E-state index in [4.69, 9.17) is 15.5 Å². The number of benzene rings is 2. The molecule has 0 unspecified atom stereocenters. The van der Waals surface area contributed by atoms with Gasteiger partial charge in [0.05, 0.1) is 13.2 Å². The molecular weight excluding hydrogens is 480 g/mol. The zero-order valence-corrected chi connectivity index (χ0v) is 21.6. The molecule has 6 rings (SSSR count). The van der Waals surface area contributed by atoms with Gasteiger partial charge in [-0.15, -0.1) is 0 Å². The van der Waals surface area contributed by atoms with Gasteiger partial charge in [-0.3, -0.25) is 14.7 Å². The van der Waals surface area contributed by atoms with Gasteiger partial charge in [-0.2, -0.15) is 5.10 Å². The minimum absolute atomic E-state index is 0.125. The minimum Gasteiger partial charge on any atom is -0.380 e. The van der Waals surface area contributed by atoms with Crippen molar-refractivity contribution in [3.05, 3.63) is 64.7 Å². The van der Waals surface area contributed by atoms with Gasteiger partial charge < -0.3 is 15.4 Å². The summed E-state index contributed by atoms with van der Waals surface area (Å²) in [6.07, 6.45) is 1.11. The maximum Gasteiger partial charge on any atom is 0.172 e. The zero-order chi connectivity index (χ0) is 26.4. The molecule has 9 heteroatoms. The van der Waals surface area contributed by atoms with E-state index in [0.717, 1.165) is 52.2 Å². The normalized spacial score (nSPS) is 16.7. The van der Waals surface area contributed by atoms with Crippen molar-refractivity contribution in [2.24, 2.45) is 0 Å². The molecule has 0 bridgehead atoms. The van der Waals surface area contributed by atoms with Gasteiger partial charge in [0.25, 0.3) is 0 Å². The van der Waals surface area contributed by atoms with Gasteiger partial charge in [-0.25, -0.2) is 9.97 Å². The lowest BCUT2D eigenvalue weighted by Crippen LogP contribution is -2.37. The molecule has 1 aliphatic carbocycles. The Morgan fingerprint density at radius 2 is 1.76 bits per heavy atom. The highest BCUT2D eigenvalue weighted by Gasteiger charge is 2.37. The molecule has 1 aliphatic heterocycles. The van der Waals surface area contributed by atoms with Crippen molar-refractivity contribution >= 4 is 34.2 Å². The van der Waals surface area contributed by atoms with E-state index in [0.29, 0.717) is 49.6 Å². The van der Waals surface area contributed by atoms with Crippen molar-refractivity contribution in [2.45, 2.75) is 38.5 Å². The SMILES string of the molecule is CC1(C)C(=O)Cc2cc(CC(=O)Cc3ccc(-c4nc(N5CCOCC5)c5[nH]nc(N)c5n4)cc3)ccc21. The van der Waals surface area contributed by atoms with Crippen molar-refractivity contribution in [2.75, 3.05) is 36.9 Å². The summed E-state index contributed by atoms with van der Waals surface area (Å²) >= 11 is 0. The van der Waals surface area contributed by atoms with Crippen LogP contribution in [0, 0.1) is 0 Å². The molecule has 2 aliphatic rings. The first-order chi connectivity index (χ1) is 18.3. The van der Waals surface area contributed by atoms with Crippen LogP contribution in [0.3, 0.4) is 0 Å². The van der Waals surface area contributed by atoms with Crippen molar-refractivity contribution in [1.29, 1.82) is 0 Å². The molecule has 38 heavy (non-hydrogen) atoms. The predicted molar refractivity (Wildman–Crippen MR) is 145 cm³/mol. The first-order valence-corrected chi connectivity index (χ1v) is 12.9. The van der Waals surface area contributed by atoms with Crippen molar-refractivity contribution < 1.29 is 14.3 Å². The van der Waals surface area contributed by atoms with Gasteiger partial charge in [0.15, 0.2) is 17.5 Å². The number of carbonyl (C=O) groups is 2. The van der Waals surface area contributed by atoms with E-state index in [-0.39, 0.29) is 11.6 Å². The number of H-pyrrole nitrogens is 1. The quantitative estimate of drug-likeness (QED) is 0.405. The van der Waals surface area contributed by atoms with Crippen LogP contribution in [0.15, 0.2) is 42.5 Å². The number of nitrogens with two attached hydrogens (primary N) is 1. The lowest BCUT2D eigenvalue weighted by atomic mass is 9.85. The summed E-state index contributed by atoms with van der Waals surface area (Å²) in [5.41, 5.74) is 11.8. The van der Waals surface area contributed by atoms with Crippen LogP contribution in [0.2, 0.25) is 0 Å². The van der Waals surface area contributed by atoms with Crippen LogP contribution in [0.1, 0.15) is 36.1 Å². The van der Waals surface area contributed by atoms with E-state index < -0.39 is 5.41 Å². The van der Waals surface area contributed by atoms with Crippen LogP contribution >= 0.6 is 0 Å². The Kier molecular flexibility index (Phi) is 5.95. The number of carbonyl (C=O) groups excluding carboxylic acids is 2. The third-order valence-corrected chi connectivity index (χ3v) is 7.64. The summed E-state index contributed by atoms with van der Waals surface area (Å²) in [7, 11) is 0. The summed E-state index contributed by atoms with van der Waals surface area (Å²) in [6, 6.07) is 13.8. The lowest BCUT2D eigenvalue weighted by Gasteiger charge is -2.28. The molecule has 3 heterocycles. The molecule has 1 saturated heterocycles. The number of morpholine rings is 1. The van der Waals surface area contributed by atoms with E-state index in [1.807, 2.05) is 56.3 Å². The molecule has 0 spiro atoms. The fourth-order valence-corrected chi connectivity index (χ4v) is 5.39. The van der Waals surface area contributed by atoms with Crippen LogP contribution in [0.5, 0.6) is 0 Å². The lowest BCUT2D eigenvalue weighted by molar-refractivity contribution is -0.121. The summed E-state index contributed by atoms with van der Waals surface area (Å²) in [5.74, 6) is 2.00. The fraction of sp³-hybridized carbons (Fsp3) is 0.345. The second kappa shape index (κ2) is 9.33. The number of aromatic nitrogens is 4. The molecule has 2 aromatic heterocycles. The zero-order valence-electron chi connectivity index (χ0n) is 21.6. The van der Waals surface area contributed by atoms with Crippen LogP contribution < -0.4 is 10.6 Å². The number of aromatic amines is 1. The molecule has 9 nitrogen and oxygen atoms in total. The number of rotatable bonds is 6. The smallest absolute Gasteiger partial charge is 0.172 e. The summed E-state index contributed by atoms with van der Waals surface area (Å²) in [6.45, 7) is 6.65. The maximum atomic E-state index is 12.9. The number of nitrogens with one attached hydrogen (secondary N) is 1. The van der Waals surface area contributed by atoms with Gasteiger partial charge in [-0.1, -0.05) is 42.5 Å².